The summed E-state index contributed by atoms with van der Waals surface area (Å²) in [6.07, 6.45) is 1.20. The van der Waals surface area contributed by atoms with E-state index in [1.54, 1.807) is 0 Å². The number of urea groups is 1. The zero-order chi connectivity index (χ0) is 18.4. The van der Waals surface area contributed by atoms with Gasteiger partial charge in [-0.3, -0.25) is 14.5 Å². The first-order valence-electron chi connectivity index (χ1n) is 8.60. The first-order valence-corrected chi connectivity index (χ1v) is 8.60. The molecule has 6 heteroatoms. The van der Waals surface area contributed by atoms with Gasteiger partial charge in [0.05, 0.1) is 0 Å². The number of hydrogen-bond acceptors (Lipinski definition) is 3. The molecule has 1 atom stereocenters. The van der Waals surface area contributed by atoms with Crippen molar-refractivity contribution in [1.29, 1.82) is 0 Å². The lowest BCUT2D eigenvalue weighted by Crippen LogP contribution is -2.41. The second kappa shape index (κ2) is 8.29. The molecule has 2 aromatic rings. The maximum atomic E-state index is 12.4. The fourth-order valence-corrected chi connectivity index (χ4v) is 2.87. The summed E-state index contributed by atoms with van der Waals surface area (Å²) in [6, 6.07) is 18.1. The van der Waals surface area contributed by atoms with Crippen LogP contribution in [0.3, 0.4) is 0 Å². The van der Waals surface area contributed by atoms with Gasteiger partial charge < -0.3 is 10.6 Å². The fourth-order valence-electron chi connectivity index (χ4n) is 2.87. The van der Waals surface area contributed by atoms with Gasteiger partial charge in [-0.15, -0.1) is 0 Å². The zero-order valence-corrected chi connectivity index (χ0v) is 14.4. The second-order valence-electron chi connectivity index (χ2n) is 6.21. The molecular formula is C20H21N3O3. The van der Waals surface area contributed by atoms with E-state index in [0.29, 0.717) is 19.4 Å². The van der Waals surface area contributed by atoms with Crippen molar-refractivity contribution in [3.8, 4) is 0 Å². The van der Waals surface area contributed by atoms with Gasteiger partial charge in [-0.05, 0) is 24.0 Å². The quantitative estimate of drug-likeness (QED) is 0.748. The lowest BCUT2D eigenvalue weighted by atomic mass is 10.1. The van der Waals surface area contributed by atoms with Gasteiger partial charge in [-0.2, -0.15) is 0 Å². The number of hydrogen-bond donors (Lipinski definition) is 2. The molecule has 0 aromatic heterocycles. The van der Waals surface area contributed by atoms with E-state index in [9.17, 15) is 14.4 Å². The van der Waals surface area contributed by atoms with Gasteiger partial charge in [0, 0.05) is 6.54 Å². The van der Waals surface area contributed by atoms with Crippen LogP contribution in [0.2, 0.25) is 0 Å². The number of benzene rings is 2. The van der Waals surface area contributed by atoms with Crippen LogP contribution in [0.4, 0.5) is 4.79 Å². The Labute approximate surface area is 152 Å². The topological polar surface area (TPSA) is 78.5 Å². The summed E-state index contributed by atoms with van der Waals surface area (Å²) in [7, 11) is 0. The lowest BCUT2D eigenvalue weighted by Gasteiger charge is -2.13. The minimum absolute atomic E-state index is 0.265. The molecule has 0 unspecified atom stereocenters. The average Bonchev–Trinajstić information content (AvgIpc) is 2.94. The Balaban J connectivity index is 1.49. The third-order valence-electron chi connectivity index (χ3n) is 4.31. The molecular weight excluding hydrogens is 330 g/mol. The van der Waals surface area contributed by atoms with E-state index in [4.69, 9.17) is 0 Å². The number of carbonyl (C=O) groups is 3. The van der Waals surface area contributed by atoms with Crippen molar-refractivity contribution in [3.05, 3.63) is 71.8 Å². The lowest BCUT2D eigenvalue weighted by molar-refractivity contribution is -0.132. The minimum Gasteiger partial charge on any atom is -0.350 e. The highest BCUT2D eigenvalue weighted by Gasteiger charge is 2.38. The van der Waals surface area contributed by atoms with Gasteiger partial charge in [-0.25, -0.2) is 4.79 Å². The van der Waals surface area contributed by atoms with E-state index in [-0.39, 0.29) is 18.4 Å². The fraction of sp³-hybridized carbons (Fsp3) is 0.250. The van der Waals surface area contributed by atoms with Gasteiger partial charge in [0.2, 0.25) is 5.91 Å². The molecule has 1 aliphatic heterocycles. The van der Waals surface area contributed by atoms with E-state index in [0.717, 1.165) is 16.0 Å². The van der Waals surface area contributed by atoms with E-state index in [2.05, 4.69) is 10.6 Å². The van der Waals surface area contributed by atoms with Crippen LogP contribution in [0.25, 0.3) is 0 Å². The predicted octanol–water partition coefficient (Wildman–Crippen LogP) is 1.86. The summed E-state index contributed by atoms with van der Waals surface area (Å²) in [5.41, 5.74) is 2.06. The van der Waals surface area contributed by atoms with E-state index in [1.165, 1.54) is 0 Å². The Bertz CT molecular complexity index is 777. The van der Waals surface area contributed by atoms with Crippen LogP contribution < -0.4 is 10.6 Å². The summed E-state index contributed by atoms with van der Waals surface area (Å²) in [5.74, 6) is -0.707. The Morgan fingerprint density at radius 1 is 0.962 bits per heavy atom. The highest BCUT2D eigenvalue weighted by Crippen LogP contribution is 2.12. The molecule has 1 fully saturated rings. The molecule has 1 saturated heterocycles. The van der Waals surface area contributed by atoms with Crippen molar-refractivity contribution >= 4 is 17.8 Å². The largest absolute Gasteiger partial charge is 0.350 e. The summed E-state index contributed by atoms with van der Waals surface area (Å²) in [5, 5.41) is 5.39. The molecule has 0 spiro atoms. The standard InChI is InChI=1S/C20H21N3O3/c24-18(21-13-16-9-5-2-6-10-16)14-23-19(25)17(22-20(23)26)12-11-15-7-3-1-4-8-15/h1-10,17H,11-14H2,(H,21,24)(H,22,26)/t17-/m0/s1. The SMILES string of the molecule is O=C(CN1C(=O)N[C@@H](CCc2ccccc2)C1=O)NCc1ccccc1. The minimum atomic E-state index is -0.579. The second-order valence-corrected chi connectivity index (χ2v) is 6.21. The van der Waals surface area contributed by atoms with Crippen LogP contribution in [0, 0.1) is 0 Å². The molecule has 1 heterocycles. The number of aryl methyl sites for hydroxylation is 1. The van der Waals surface area contributed by atoms with E-state index in [1.807, 2.05) is 60.7 Å². The van der Waals surface area contributed by atoms with Gasteiger partial charge in [0.1, 0.15) is 12.6 Å². The van der Waals surface area contributed by atoms with Crippen LogP contribution in [0.1, 0.15) is 17.5 Å². The van der Waals surface area contributed by atoms with Crippen LogP contribution in [-0.4, -0.2) is 35.3 Å². The Hall–Kier alpha value is -3.15. The Morgan fingerprint density at radius 2 is 1.58 bits per heavy atom. The van der Waals surface area contributed by atoms with Crippen molar-refractivity contribution in [2.24, 2.45) is 0 Å². The Morgan fingerprint density at radius 3 is 2.23 bits per heavy atom. The third kappa shape index (κ3) is 4.47. The monoisotopic (exact) mass is 351 g/mol. The average molecular weight is 351 g/mol. The predicted molar refractivity (Wildman–Crippen MR) is 97.1 cm³/mol. The zero-order valence-electron chi connectivity index (χ0n) is 14.4. The molecule has 0 aliphatic carbocycles. The third-order valence-corrected chi connectivity index (χ3v) is 4.31. The van der Waals surface area contributed by atoms with Crippen LogP contribution in [-0.2, 0) is 22.6 Å². The number of rotatable bonds is 7. The molecule has 2 N–H and O–H groups in total. The Kier molecular flexibility index (Phi) is 5.63. The number of carbonyl (C=O) groups excluding carboxylic acids is 3. The van der Waals surface area contributed by atoms with E-state index < -0.39 is 12.1 Å². The molecule has 0 radical (unpaired) electrons. The van der Waals surface area contributed by atoms with Gasteiger partial charge in [0.25, 0.3) is 5.91 Å². The van der Waals surface area contributed by atoms with Gasteiger partial charge >= 0.3 is 6.03 Å². The number of imide groups is 1. The van der Waals surface area contributed by atoms with Crippen LogP contribution in [0.15, 0.2) is 60.7 Å². The molecule has 3 rings (SSSR count). The number of amides is 4. The summed E-state index contributed by atoms with van der Waals surface area (Å²) >= 11 is 0. The number of nitrogens with zero attached hydrogens (tertiary/aromatic N) is 1. The highest BCUT2D eigenvalue weighted by molar-refractivity contribution is 6.06. The summed E-state index contributed by atoms with van der Waals surface area (Å²) < 4.78 is 0. The molecule has 0 saturated carbocycles. The van der Waals surface area contributed by atoms with Crippen molar-refractivity contribution in [2.75, 3.05) is 6.54 Å². The van der Waals surface area contributed by atoms with Crippen molar-refractivity contribution in [3.63, 3.8) is 0 Å². The van der Waals surface area contributed by atoms with Gasteiger partial charge in [-0.1, -0.05) is 60.7 Å². The molecule has 2 aromatic carbocycles. The molecule has 26 heavy (non-hydrogen) atoms. The molecule has 1 aliphatic rings. The van der Waals surface area contributed by atoms with Crippen molar-refractivity contribution < 1.29 is 14.4 Å². The van der Waals surface area contributed by atoms with Crippen LogP contribution in [0.5, 0.6) is 0 Å². The molecule has 0 bridgehead atoms. The molecule has 4 amide bonds. The van der Waals surface area contributed by atoms with E-state index >= 15 is 0 Å². The highest BCUT2D eigenvalue weighted by atomic mass is 16.2. The van der Waals surface area contributed by atoms with Crippen molar-refractivity contribution in [2.45, 2.75) is 25.4 Å². The van der Waals surface area contributed by atoms with Gasteiger partial charge in [0.15, 0.2) is 0 Å². The summed E-state index contributed by atoms with van der Waals surface area (Å²) in [6.45, 7) is 0.0973. The molecule has 6 nitrogen and oxygen atoms in total. The maximum absolute atomic E-state index is 12.4. The number of nitrogens with one attached hydrogen (secondary N) is 2. The van der Waals surface area contributed by atoms with Crippen LogP contribution >= 0.6 is 0 Å². The molecule has 134 valence electrons. The maximum Gasteiger partial charge on any atom is 0.325 e. The first kappa shape index (κ1) is 17.7. The normalized spacial score (nSPS) is 16.5. The first-order chi connectivity index (χ1) is 12.6. The summed E-state index contributed by atoms with van der Waals surface area (Å²) in [4.78, 5) is 37.5. The smallest absolute Gasteiger partial charge is 0.325 e. The van der Waals surface area contributed by atoms with Crippen molar-refractivity contribution in [1.82, 2.24) is 15.5 Å².